The van der Waals surface area contributed by atoms with Crippen molar-refractivity contribution in [2.45, 2.75) is 5.92 Å². The summed E-state index contributed by atoms with van der Waals surface area (Å²) in [5.41, 5.74) is 4.47. The fraction of sp³-hybridized carbons (Fsp3) is 0.235. The van der Waals surface area contributed by atoms with E-state index in [9.17, 15) is 13.2 Å². The summed E-state index contributed by atoms with van der Waals surface area (Å²) in [6.07, 6.45) is -0.680. The van der Waals surface area contributed by atoms with Crippen LogP contribution in [0.4, 0.5) is 4.79 Å². The summed E-state index contributed by atoms with van der Waals surface area (Å²) in [7, 11) is -4.51. The van der Waals surface area contributed by atoms with Crippen LogP contribution in [0, 0.1) is 0 Å². The number of nitrogens with one attached hydrogen (secondary N) is 1. The molecule has 0 heterocycles. The Bertz CT molecular complexity index is 835. The zero-order valence-electron chi connectivity index (χ0n) is 13.2. The van der Waals surface area contributed by atoms with E-state index in [0.29, 0.717) is 0 Å². The van der Waals surface area contributed by atoms with Gasteiger partial charge in [-0.05, 0) is 22.3 Å². The second kappa shape index (κ2) is 7.22. The molecule has 1 aliphatic rings. The molecule has 0 saturated heterocycles. The summed E-state index contributed by atoms with van der Waals surface area (Å²) in [4.78, 5) is 11.7. The molecule has 2 aromatic rings. The topological polar surface area (TPSA) is 102 Å². The number of hydrogen-bond acceptors (Lipinski definition) is 5. The molecule has 0 atom stereocenters. The Kier molecular flexibility index (Phi) is 5.03. The minimum atomic E-state index is -4.51. The van der Waals surface area contributed by atoms with E-state index in [4.69, 9.17) is 9.29 Å². The predicted octanol–water partition coefficient (Wildman–Crippen LogP) is 2.34. The van der Waals surface area contributed by atoms with Crippen LogP contribution < -0.4 is 5.32 Å². The van der Waals surface area contributed by atoms with Crippen molar-refractivity contribution in [2.75, 3.05) is 19.8 Å². The maximum atomic E-state index is 11.7. The van der Waals surface area contributed by atoms with Crippen LogP contribution in [-0.4, -0.2) is 38.8 Å². The standard InChI is InChI=1S/C17H17NO6S/c19-17(18-9-10-24-25(20,21)22)23-11-16-14-7-3-1-5-12(14)13-6-2-4-8-15(13)16/h1-8,16H,9-11H2,(H,18,19)(H,20,21,22). The van der Waals surface area contributed by atoms with E-state index in [1.165, 1.54) is 0 Å². The molecule has 3 rings (SSSR count). The second-order valence-electron chi connectivity index (χ2n) is 5.50. The van der Waals surface area contributed by atoms with Gasteiger partial charge in [-0.2, -0.15) is 8.42 Å². The fourth-order valence-corrected chi connectivity index (χ4v) is 3.24. The predicted molar refractivity (Wildman–Crippen MR) is 90.6 cm³/mol. The van der Waals surface area contributed by atoms with Crippen LogP contribution in [0.3, 0.4) is 0 Å². The van der Waals surface area contributed by atoms with E-state index >= 15 is 0 Å². The van der Waals surface area contributed by atoms with Gasteiger partial charge in [-0.1, -0.05) is 48.5 Å². The molecule has 0 unspecified atom stereocenters. The third kappa shape index (κ3) is 4.16. The minimum absolute atomic E-state index is 0.0489. The van der Waals surface area contributed by atoms with E-state index in [0.717, 1.165) is 22.3 Å². The molecule has 2 N–H and O–H groups in total. The number of rotatable bonds is 6. The van der Waals surface area contributed by atoms with Gasteiger partial charge in [0.05, 0.1) is 6.61 Å². The molecule has 0 aliphatic heterocycles. The van der Waals surface area contributed by atoms with Crippen LogP contribution in [0.15, 0.2) is 48.5 Å². The van der Waals surface area contributed by atoms with Crippen LogP contribution in [0.25, 0.3) is 11.1 Å². The highest BCUT2D eigenvalue weighted by Gasteiger charge is 2.28. The van der Waals surface area contributed by atoms with E-state index < -0.39 is 16.5 Å². The molecular weight excluding hydrogens is 346 g/mol. The number of alkyl carbamates (subject to hydrolysis) is 1. The van der Waals surface area contributed by atoms with Gasteiger partial charge < -0.3 is 10.1 Å². The van der Waals surface area contributed by atoms with E-state index in [1.54, 1.807) is 0 Å². The van der Waals surface area contributed by atoms with Crippen molar-refractivity contribution < 1.29 is 26.7 Å². The summed E-state index contributed by atoms with van der Waals surface area (Å²) >= 11 is 0. The van der Waals surface area contributed by atoms with Crippen molar-refractivity contribution in [3.8, 4) is 11.1 Å². The van der Waals surface area contributed by atoms with Crippen LogP contribution >= 0.6 is 0 Å². The lowest BCUT2D eigenvalue weighted by Gasteiger charge is -2.14. The number of fused-ring (bicyclic) bond motifs is 3. The molecule has 132 valence electrons. The van der Waals surface area contributed by atoms with Crippen molar-refractivity contribution in [3.63, 3.8) is 0 Å². The molecule has 0 bridgehead atoms. The number of amides is 1. The van der Waals surface area contributed by atoms with Crippen LogP contribution in [0.1, 0.15) is 17.0 Å². The summed E-state index contributed by atoms with van der Waals surface area (Å²) in [5, 5.41) is 2.37. The van der Waals surface area contributed by atoms with Crippen molar-refractivity contribution in [1.29, 1.82) is 0 Å². The SMILES string of the molecule is O=C(NCCOS(=O)(=O)O)OCC1c2ccccc2-c2ccccc21. The van der Waals surface area contributed by atoms with Gasteiger partial charge in [0.2, 0.25) is 0 Å². The maximum Gasteiger partial charge on any atom is 0.407 e. The first-order valence-corrected chi connectivity index (χ1v) is 9.03. The molecule has 25 heavy (non-hydrogen) atoms. The number of carbonyl (C=O) groups is 1. The fourth-order valence-electron chi connectivity index (χ4n) is 2.95. The van der Waals surface area contributed by atoms with Crippen LogP contribution in [0.5, 0.6) is 0 Å². The van der Waals surface area contributed by atoms with Gasteiger partial charge >= 0.3 is 16.5 Å². The highest BCUT2D eigenvalue weighted by molar-refractivity contribution is 7.80. The monoisotopic (exact) mass is 363 g/mol. The largest absolute Gasteiger partial charge is 0.449 e. The molecule has 0 aromatic heterocycles. The Labute approximate surface area is 145 Å². The number of benzene rings is 2. The molecular formula is C17H17NO6S. The van der Waals surface area contributed by atoms with Gasteiger partial charge in [0.25, 0.3) is 0 Å². The van der Waals surface area contributed by atoms with Crippen LogP contribution in [-0.2, 0) is 19.3 Å². The van der Waals surface area contributed by atoms with Crippen LogP contribution in [0.2, 0.25) is 0 Å². The number of hydrogen-bond donors (Lipinski definition) is 2. The van der Waals surface area contributed by atoms with Gasteiger partial charge in [0, 0.05) is 12.5 Å². The third-order valence-electron chi connectivity index (χ3n) is 3.95. The zero-order chi connectivity index (χ0) is 17.9. The molecule has 7 nitrogen and oxygen atoms in total. The average Bonchev–Trinajstić information content (AvgIpc) is 2.90. The first-order chi connectivity index (χ1) is 12.0. The van der Waals surface area contributed by atoms with E-state index in [2.05, 4.69) is 9.50 Å². The summed E-state index contributed by atoms with van der Waals surface area (Å²) < 4.78 is 38.6. The Balaban J connectivity index is 1.59. The summed E-state index contributed by atoms with van der Waals surface area (Å²) in [5.74, 6) is -0.0489. The molecule has 8 heteroatoms. The quantitative estimate of drug-likeness (QED) is 0.603. The highest BCUT2D eigenvalue weighted by Crippen LogP contribution is 2.44. The molecule has 0 radical (unpaired) electrons. The minimum Gasteiger partial charge on any atom is -0.449 e. The smallest absolute Gasteiger partial charge is 0.407 e. The lowest BCUT2D eigenvalue weighted by molar-refractivity contribution is 0.140. The molecule has 0 saturated carbocycles. The van der Waals surface area contributed by atoms with Gasteiger partial charge in [0.1, 0.15) is 6.61 Å². The van der Waals surface area contributed by atoms with Crippen molar-refractivity contribution >= 4 is 16.5 Å². The summed E-state index contributed by atoms with van der Waals surface area (Å²) in [6, 6.07) is 16.0. The van der Waals surface area contributed by atoms with Gasteiger partial charge in [-0.15, -0.1) is 0 Å². The highest BCUT2D eigenvalue weighted by atomic mass is 32.3. The first-order valence-electron chi connectivity index (χ1n) is 7.66. The van der Waals surface area contributed by atoms with Gasteiger partial charge in [0.15, 0.2) is 0 Å². The first kappa shape index (κ1) is 17.4. The lowest BCUT2D eigenvalue weighted by atomic mass is 9.98. The zero-order valence-corrected chi connectivity index (χ0v) is 14.0. The van der Waals surface area contributed by atoms with Crippen molar-refractivity contribution in [3.05, 3.63) is 59.7 Å². The Hall–Kier alpha value is -2.42. The van der Waals surface area contributed by atoms with Gasteiger partial charge in [-0.3, -0.25) is 4.55 Å². The number of ether oxygens (including phenoxy) is 1. The molecule has 2 aromatic carbocycles. The normalized spacial score (nSPS) is 13.2. The number of carbonyl (C=O) groups excluding carboxylic acids is 1. The Morgan fingerprint density at radius 2 is 1.60 bits per heavy atom. The van der Waals surface area contributed by atoms with Crippen molar-refractivity contribution in [1.82, 2.24) is 5.32 Å². The Morgan fingerprint density at radius 3 is 2.16 bits per heavy atom. The molecule has 0 fully saturated rings. The second-order valence-corrected chi connectivity index (χ2v) is 6.59. The van der Waals surface area contributed by atoms with E-state index in [1.807, 2.05) is 48.5 Å². The average molecular weight is 363 g/mol. The molecule has 0 spiro atoms. The summed E-state index contributed by atoms with van der Waals surface area (Å²) in [6.45, 7) is -0.307. The molecule has 1 amide bonds. The Morgan fingerprint density at radius 1 is 1.04 bits per heavy atom. The van der Waals surface area contributed by atoms with Crippen molar-refractivity contribution in [2.24, 2.45) is 0 Å². The maximum absolute atomic E-state index is 11.7. The lowest BCUT2D eigenvalue weighted by Crippen LogP contribution is -2.29. The molecule has 1 aliphatic carbocycles. The van der Waals surface area contributed by atoms with Gasteiger partial charge in [-0.25, -0.2) is 8.98 Å². The third-order valence-corrected chi connectivity index (χ3v) is 4.41. The van der Waals surface area contributed by atoms with E-state index in [-0.39, 0.29) is 25.7 Å².